The fourth-order valence-corrected chi connectivity index (χ4v) is 1.24. The molecule has 7 nitrogen and oxygen atoms in total. The lowest BCUT2D eigenvalue weighted by molar-refractivity contribution is -0.0325. The quantitative estimate of drug-likeness (QED) is 0.509. The standard InChI is InChI=1S/C16H31N3O4/c1-14(2,3)23-13(20)18-9-11(12(17)22-8)19-10-15(4,5)16(6,7)21/h9,19,21H,10,17H2,1-8H3/b12-11-,18-9+. The molecule has 23 heavy (non-hydrogen) atoms. The van der Waals surface area contributed by atoms with E-state index in [1.165, 1.54) is 13.3 Å². The molecule has 0 saturated heterocycles. The minimum Gasteiger partial charge on any atom is -0.481 e. The van der Waals surface area contributed by atoms with Gasteiger partial charge >= 0.3 is 6.09 Å². The van der Waals surface area contributed by atoms with Crippen LogP contribution in [0.15, 0.2) is 16.6 Å². The summed E-state index contributed by atoms with van der Waals surface area (Å²) in [5.74, 6) is 0.0869. The number of nitrogens with one attached hydrogen (secondary N) is 1. The number of allylic oxidation sites excluding steroid dienone is 1. The molecule has 0 unspecified atom stereocenters. The Morgan fingerprint density at radius 1 is 1.22 bits per heavy atom. The number of carbonyl (C=O) groups excluding carboxylic acids is 1. The fraction of sp³-hybridized carbons (Fsp3) is 0.750. The number of carbonyl (C=O) groups is 1. The van der Waals surface area contributed by atoms with Crippen LogP contribution in [0, 0.1) is 5.41 Å². The van der Waals surface area contributed by atoms with Crippen LogP contribution in [0.4, 0.5) is 4.79 Å². The molecule has 4 N–H and O–H groups in total. The molecule has 0 atom stereocenters. The van der Waals surface area contributed by atoms with Crippen LogP contribution in [0.1, 0.15) is 48.5 Å². The van der Waals surface area contributed by atoms with Crippen molar-refractivity contribution in [1.29, 1.82) is 0 Å². The zero-order valence-corrected chi connectivity index (χ0v) is 15.5. The van der Waals surface area contributed by atoms with Gasteiger partial charge in [-0.05, 0) is 34.6 Å². The summed E-state index contributed by atoms with van der Waals surface area (Å²) in [6.07, 6.45) is 0.537. The van der Waals surface area contributed by atoms with Crippen LogP contribution in [-0.2, 0) is 9.47 Å². The molecule has 0 aliphatic rings. The first kappa shape index (κ1) is 21.2. The number of ether oxygens (including phenoxy) is 2. The Bertz CT molecular complexity index is 469. The summed E-state index contributed by atoms with van der Waals surface area (Å²) in [4.78, 5) is 15.4. The molecule has 0 spiro atoms. The lowest BCUT2D eigenvalue weighted by Crippen LogP contribution is -2.46. The van der Waals surface area contributed by atoms with Crippen molar-refractivity contribution in [3.63, 3.8) is 0 Å². The number of aliphatic imine (C=N–C) groups is 1. The predicted molar refractivity (Wildman–Crippen MR) is 91.0 cm³/mol. The number of nitrogens with zero attached hydrogens (tertiary/aromatic N) is 1. The highest BCUT2D eigenvalue weighted by Gasteiger charge is 2.35. The molecular weight excluding hydrogens is 298 g/mol. The number of amides is 1. The zero-order chi connectivity index (χ0) is 18.5. The maximum absolute atomic E-state index is 11.6. The molecule has 0 bridgehead atoms. The highest BCUT2D eigenvalue weighted by Crippen LogP contribution is 2.29. The Kier molecular flexibility index (Phi) is 7.09. The maximum Gasteiger partial charge on any atom is 0.434 e. The van der Waals surface area contributed by atoms with Crippen LogP contribution in [0.25, 0.3) is 0 Å². The van der Waals surface area contributed by atoms with Gasteiger partial charge in [0, 0.05) is 12.0 Å². The summed E-state index contributed by atoms with van der Waals surface area (Å²) in [5.41, 5.74) is 4.12. The van der Waals surface area contributed by atoms with Crippen molar-refractivity contribution >= 4 is 12.3 Å². The van der Waals surface area contributed by atoms with Crippen molar-refractivity contribution in [2.45, 2.75) is 59.7 Å². The van der Waals surface area contributed by atoms with E-state index in [-0.39, 0.29) is 5.88 Å². The first-order chi connectivity index (χ1) is 10.2. The predicted octanol–water partition coefficient (Wildman–Crippen LogP) is 2.15. The van der Waals surface area contributed by atoms with E-state index in [0.29, 0.717) is 12.2 Å². The molecule has 7 heteroatoms. The summed E-state index contributed by atoms with van der Waals surface area (Å²) in [5, 5.41) is 13.2. The van der Waals surface area contributed by atoms with Gasteiger partial charge in [-0.1, -0.05) is 13.8 Å². The lowest BCUT2D eigenvalue weighted by Gasteiger charge is -2.37. The van der Waals surface area contributed by atoms with Gasteiger partial charge in [0.2, 0.25) is 5.88 Å². The van der Waals surface area contributed by atoms with Gasteiger partial charge in [0.25, 0.3) is 0 Å². The summed E-state index contributed by atoms with van der Waals surface area (Å²) in [6, 6.07) is 0. The average molecular weight is 329 g/mol. The maximum atomic E-state index is 11.6. The van der Waals surface area contributed by atoms with Gasteiger partial charge in [-0.2, -0.15) is 4.99 Å². The van der Waals surface area contributed by atoms with Gasteiger partial charge in [-0.15, -0.1) is 0 Å². The second-order valence-corrected chi connectivity index (χ2v) is 7.52. The van der Waals surface area contributed by atoms with E-state index in [1.54, 1.807) is 34.6 Å². The van der Waals surface area contributed by atoms with E-state index >= 15 is 0 Å². The monoisotopic (exact) mass is 329 g/mol. The smallest absolute Gasteiger partial charge is 0.434 e. The fourth-order valence-electron chi connectivity index (χ4n) is 1.24. The topological polar surface area (TPSA) is 106 Å². The molecule has 0 saturated carbocycles. The number of methoxy groups -OCH3 is 1. The number of hydrogen-bond donors (Lipinski definition) is 3. The largest absolute Gasteiger partial charge is 0.481 e. The third-order valence-corrected chi connectivity index (χ3v) is 3.55. The van der Waals surface area contributed by atoms with Crippen LogP contribution in [-0.4, -0.2) is 42.3 Å². The number of hydrogen-bond acceptors (Lipinski definition) is 6. The Balaban J connectivity index is 5.05. The summed E-state index contributed by atoms with van der Waals surface area (Å²) >= 11 is 0. The highest BCUT2D eigenvalue weighted by molar-refractivity contribution is 5.88. The van der Waals surface area contributed by atoms with Crippen molar-refractivity contribution in [2.75, 3.05) is 13.7 Å². The van der Waals surface area contributed by atoms with Crippen LogP contribution in [0.2, 0.25) is 0 Å². The number of aliphatic hydroxyl groups is 1. The first-order valence-electron chi connectivity index (χ1n) is 7.46. The summed E-state index contributed by atoms with van der Waals surface area (Å²) in [6.45, 7) is 12.9. The van der Waals surface area contributed by atoms with Gasteiger partial charge < -0.3 is 25.6 Å². The highest BCUT2D eigenvalue weighted by atomic mass is 16.6. The Hall–Kier alpha value is -1.76. The SMILES string of the molecule is CO/C(N)=C(/C=N/C(=O)OC(C)(C)C)NCC(C)(C)C(C)(C)O. The van der Waals surface area contributed by atoms with E-state index in [9.17, 15) is 9.90 Å². The normalized spacial score (nSPS) is 14.5. The van der Waals surface area contributed by atoms with Crippen molar-refractivity contribution in [3.8, 4) is 0 Å². The third kappa shape index (κ3) is 7.88. The van der Waals surface area contributed by atoms with Crippen molar-refractivity contribution < 1.29 is 19.4 Å². The molecule has 0 heterocycles. The molecule has 0 aromatic carbocycles. The van der Waals surface area contributed by atoms with E-state index in [4.69, 9.17) is 15.2 Å². The van der Waals surface area contributed by atoms with Crippen LogP contribution in [0.3, 0.4) is 0 Å². The van der Waals surface area contributed by atoms with E-state index in [0.717, 1.165) is 0 Å². The minimum atomic E-state index is -0.907. The van der Waals surface area contributed by atoms with Crippen LogP contribution < -0.4 is 11.1 Å². The van der Waals surface area contributed by atoms with Gasteiger partial charge in [-0.25, -0.2) is 4.79 Å². The van der Waals surface area contributed by atoms with Crippen LogP contribution >= 0.6 is 0 Å². The second-order valence-electron chi connectivity index (χ2n) is 7.52. The molecule has 134 valence electrons. The van der Waals surface area contributed by atoms with E-state index in [1.807, 2.05) is 13.8 Å². The molecule has 1 amide bonds. The lowest BCUT2D eigenvalue weighted by atomic mass is 9.77. The molecule has 0 aromatic heterocycles. The number of rotatable bonds is 6. The van der Waals surface area contributed by atoms with Crippen molar-refractivity contribution in [3.05, 3.63) is 11.6 Å². The van der Waals surface area contributed by atoms with E-state index in [2.05, 4.69) is 10.3 Å². The zero-order valence-electron chi connectivity index (χ0n) is 15.5. The summed E-state index contributed by atoms with van der Waals surface area (Å²) < 4.78 is 10.1. The molecule has 0 aromatic rings. The minimum absolute atomic E-state index is 0.0869. The first-order valence-corrected chi connectivity index (χ1v) is 7.46. The van der Waals surface area contributed by atoms with E-state index < -0.39 is 22.7 Å². The Morgan fingerprint density at radius 2 is 1.74 bits per heavy atom. The average Bonchev–Trinajstić information content (AvgIpc) is 2.34. The molecule has 0 fully saturated rings. The summed E-state index contributed by atoms with van der Waals surface area (Å²) in [7, 11) is 1.42. The Morgan fingerprint density at radius 3 is 2.13 bits per heavy atom. The van der Waals surface area contributed by atoms with Gasteiger partial charge in [-0.3, -0.25) is 0 Å². The van der Waals surface area contributed by atoms with Gasteiger partial charge in [0.1, 0.15) is 11.3 Å². The Labute approximate surface area is 138 Å². The molecular formula is C16H31N3O4. The molecule has 0 aliphatic heterocycles. The number of nitrogens with two attached hydrogens (primary N) is 1. The van der Waals surface area contributed by atoms with Crippen molar-refractivity contribution in [2.24, 2.45) is 16.1 Å². The molecule has 0 rings (SSSR count). The van der Waals surface area contributed by atoms with Gasteiger partial charge in [0.15, 0.2) is 0 Å². The molecule has 0 aliphatic carbocycles. The van der Waals surface area contributed by atoms with Gasteiger partial charge in [0.05, 0.1) is 18.9 Å². The van der Waals surface area contributed by atoms with Crippen LogP contribution in [0.5, 0.6) is 0 Å². The molecule has 0 radical (unpaired) electrons. The third-order valence-electron chi connectivity index (χ3n) is 3.55. The second kappa shape index (κ2) is 7.68. The van der Waals surface area contributed by atoms with Crippen molar-refractivity contribution in [1.82, 2.24) is 5.32 Å².